The van der Waals surface area contributed by atoms with Crippen LogP contribution >= 0.6 is 27.5 Å². The summed E-state index contributed by atoms with van der Waals surface area (Å²) in [5, 5.41) is -0.705. The lowest BCUT2D eigenvalue weighted by molar-refractivity contribution is 0.402. The third kappa shape index (κ3) is 3.00. The van der Waals surface area contributed by atoms with Crippen LogP contribution in [0.3, 0.4) is 0 Å². The van der Waals surface area contributed by atoms with Gasteiger partial charge in [0.2, 0.25) is 0 Å². The number of sulfone groups is 1. The summed E-state index contributed by atoms with van der Waals surface area (Å²) in [6, 6.07) is 1.94. The predicted molar refractivity (Wildman–Crippen MR) is 87.7 cm³/mol. The summed E-state index contributed by atoms with van der Waals surface area (Å²) in [4.78, 5) is 0. The molecule has 1 rings (SSSR count). The second kappa shape index (κ2) is 5.85. The maximum absolute atomic E-state index is 12.0. The molecular weight excluding hydrogens is 364 g/mol. The van der Waals surface area contributed by atoms with Gasteiger partial charge in [-0.15, -0.1) is 11.6 Å². The lowest BCUT2D eigenvalue weighted by Gasteiger charge is -2.31. The summed E-state index contributed by atoms with van der Waals surface area (Å²) < 4.78 is 29.3. The third-order valence-corrected chi connectivity index (χ3v) is 7.60. The molecule has 20 heavy (non-hydrogen) atoms. The van der Waals surface area contributed by atoms with Crippen LogP contribution in [0.4, 0.5) is 0 Å². The fourth-order valence-electron chi connectivity index (χ4n) is 1.99. The van der Waals surface area contributed by atoms with Crippen LogP contribution in [-0.4, -0.2) is 26.5 Å². The normalized spacial score (nSPS) is 14.2. The van der Waals surface area contributed by atoms with E-state index in [0.717, 1.165) is 21.2 Å². The molecule has 114 valence electrons. The van der Waals surface area contributed by atoms with Crippen molar-refractivity contribution >= 4 is 37.4 Å². The zero-order valence-electron chi connectivity index (χ0n) is 12.5. The van der Waals surface area contributed by atoms with Crippen molar-refractivity contribution in [2.75, 3.05) is 13.4 Å². The van der Waals surface area contributed by atoms with Crippen molar-refractivity contribution in [2.24, 2.45) is 0 Å². The minimum Gasteiger partial charge on any atom is -0.496 e. The number of rotatable bonds is 4. The third-order valence-electron chi connectivity index (χ3n) is 3.73. The van der Waals surface area contributed by atoms with Crippen LogP contribution < -0.4 is 4.74 Å². The molecular formula is C14H20BrClO3S. The molecule has 0 saturated carbocycles. The van der Waals surface area contributed by atoms with Crippen LogP contribution in [0, 0.1) is 13.8 Å². The Bertz CT molecular complexity index is 624. The van der Waals surface area contributed by atoms with Gasteiger partial charge in [0, 0.05) is 16.3 Å². The number of hydrogen-bond donors (Lipinski definition) is 0. The molecule has 0 heterocycles. The van der Waals surface area contributed by atoms with Gasteiger partial charge in [-0.3, -0.25) is 0 Å². The Hall–Kier alpha value is -0.260. The quantitative estimate of drug-likeness (QED) is 0.733. The highest BCUT2D eigenvalue weighted by Crippen LogP contribution is 2.45. The highest BCUT2D eigenvalue weighted by molar-refractivity contribution is 9.10. The van der Waals surface area contributed by atoms with Crippen molar-refractivity contribution in [1.82, 2.24) is 0 Å². The summed E-state index contributed by atoms with van der Waals surface area (Å²) in [7, 11) is -1.75. The van der Waals surface area contributed by atoms with Crippen molar-refractivity contribution < 1.29 is 13.2 Å². The first-order chi connectivity index (χ1) is 8.95. The Balaban J connectivity index is 3.62. The van der Waals surface area contributed by atoms with E-state index in [0.29, 0.717) is 5.75 Å². The first-order valence-electron chi connectivity index (χ1n) is 6.12. The highest BCUT2D eigenvalue weighted by atomic mass is 79.9. The van der Waals surface area contributed by atoms with Crippen LogP contribution in [0.5, 0.6) is 5.75 Å². The largest absolute Gasteiger partial charge is 0.496 e. The minimum absolute atomic E-state index is 0.641. The SMILES string of the molecule is COc1c(C)cc(Br)c(C)c1C(Cl)C(C)(C)S(C)(=O)=O. The van der Waals surface area contributed by atoms with Gasteiger partial charge in [-0.2, -0.15) is 0 Å². The molecule has 0 aliphatic carbocycles. The summed E-state index contributed by atoms with van der Waals surface area (Å²) in [5.41, 5.74) is 2.52. The van der Waals surface area contributed by atoms with E-state index in [2.05, 4.69) is 15.9 Å². The average molecular weight is 384 g/mol. The second-order valence-corrected chi connectivity index (χ2v) is 9.37. The van der Waals surface area contributed by atoms with Crippen LogP contribution in [0.25, 0.3) is 0 Å². The van der Waals surface area contributed by atoms with Gasteiger partial charge in [0.1, 0.15) is 5.75 Å². The van der Waals surface area contributed by atoms with Gasteiger partial charge in [-0.25, -0.2) is 8.42 Å². The lowest BCUT2D eigenvalue weighted by Crippen LogP contribution is -2.36. The van der Waals surface area contributed by atoms with E-state index in [1.807, 2.05) is 19.9 Å². The molecule has 1 aromatic rings. The Morgan fingerprint density at radius 3 is 2.25 bits per heavy atom. The number of alkyl halides is 1. The molecule has 0 spiro atoms. The van der Waals surface area contributed by atoms with Gasteiger partial charge in [0.15, 0.2) is 9.84 Å². The molecule has 1 aromatic carbocycles. The number of hydrogen-bond acceptors (Lipinski definition) is 3. The van der Waals surface area contributed by atoms with Crippen molar-refractivity contribution in [3.8, 4) is 5.75 Å². The predicted octanol–water partition coefficient (Wildman–Crippen LogP) is 4.18. The molecule has 0 amide bonds. The lowest BCUT2D eigenvalue weighted by atomic mass is 9.94. The van der Waals surface area contributed by atoms with E-state index in [1.165, 1.54) is 6.26 Å². The molecule has 0 N–H and O–H groups in total. The molecule has 3 nitrogen and oxygen atoms in total. The van der Waals surface area contributed by atoms with E-state index in [1.54, 1.807) is 21.0 Å². The number of ether oxygens (including phenoxy) is 1. The first kappa shape index (κ1) is 17.8. The molecule has 0 bridgehead atoms. The number of methoxy groups -OCH3 is 1. The van der Waals surface area contributed by atoms with Crippen LogP contribution in [-0.2, 0) is 9.84 Å². The Labute approximate surface area is 134 Å². The minimum atomic E-state index is -3.32. The molecule has 6 heteroatoms. The van der Waals surface area contributed by atoms with E-state index < -0.39 is 20.0 Å². The molecule has 0 radical (unpaired) electrons. The van der Waals surface area contributed by atoms with Gasteiger partial charge in [-0.05, 0) is 44.9 Å². The van der Waals surface area contributed by atoms with Crippen molar-refractivity contribution in [3.05, 3.63) is 27.2 Å². The molecule has 0 aliphatic rings. The van der Waals surface area contributed by atoms with E-state index in [4.69, 9.17) is 16.3 Å². The van der Waals surface area contributed by atoms with E-state index in [-0.39, 0.29) is 0 Å². The van der Waals surface area contributed by atoms with Crippen molar-refractivity contribution in [1.29, 1.82) is 0 Å². The molecule has 0 aromatic heterocycles. The molecule has 0 fully saturated rings. The van der Waals surface area contributed by atoms with E-state index >= 15 is 0 Å². The van der Waals surface area contributed by atoms with Gasteiger partial charge in [0.05, 0.1) is 17.2 Å². The summed E-state index contributed by atoms with van der Waals surface area (Å²) in [6.07, 6.45) is 1.20. The summed E-state index contributed by atoms with van der Waals surface area (Å²) in [5.74, 6) is 0.641. The maximum atomic E-state index is 12.0. The van der Waals surface area contributed by atoms with Crippen LogP contribution in [0.2, 0.25) is 0 Å². The fraction of sp³-hybridized carbons (Fsp3) is 0.571. The van der Waals surface area contributed by atoms with Gasteiger partial charge < -0.3 is 4.74 Å². The smallest absolute Gasteiger partial charge is 0.154 e. The highest BCUT2D eigenvalue weighted by Gasteiger charge is 2.41. The summed E-state index contributed by atoms with van der Waals surface area (Å²) >= 11 is 10.0. The van der Waals surface area contributed by atoms with Gasteiger partial charge in [0.25, 0.3) is 0 Å². The van der Waals surface area contributed by atoms with E-state index in [9.17, 15) is 8.42 Å². The van der Waals surface area contributed by atoms with Crippen LogP contribution in [0.1, 0.15) is 35.9 Å². The molecule has 1 unspecified atom stereocenters. The molecule has 1 atom stereocenters. The monoisotopic (exact) mass is 382 g/mol. The Morgan fingerprint density at radius 1 is 1.35 bits per heavy atom. The Kier molecular flexibility index (Phi) is 5.21. The summed E-state index contributed by atoms with van der Waals surface area (Å²) in [6.45, 7) is 7.07. The van der Waals surface area contributed by atoms with Crippen molar-refractivity contribution in [2.45, 2.75) is 37.8 Å². The zero-order valence-corrected chi connectivity index (χ0v) is 15.7. The number of aryl methyl sites for hydroxylation is 1. The topological polar surface area (TPSA) is 43.4 Å². The number of halogens is 2. The zero-order chi connectivity index (χ0) is 15.9. The average Bonchev–Trinajstić information content (AvgIpc) is 2.31. The van der Waals surface area contributed by atoms with Gasteiger partial charge >= 0.3 is 0 Å². The number of benzene rings is 1. The van der Waals surface area contributed by atoms with Crippen LogP contribution in [0.15, 0.2) is 10.5 Å². The molecule has 0 saturated heterocycles. The molecule has 0 aliphatic heterocycles. The maximum Gasteiger partial charge on any atom is 0.154 e. The fourth-order valence-corrected chi connectivity index (χ4v) is 3.79. The van der Waals surface area contributed by atoms with Gasteiger partial charge in [-0.1, -0.05) is 15.9 Å². The standard InChI is InChI=1S/C14H20BrClO3S/c1-8-7-10(15)9(2)11(12(8)19-5)13(16)14(3,4)20(6,17)18/h7,13H,1-6H3. The Morgan fingerprint density at radius 2 is 1.85 bits per heavy atom. The first-order valence-corrected chi connectivity index (χ1v) is 9.24. The van der Waals surface area contributed by atoms with Crippen molar-refractivity contribution in [3.63, 3.8) is 0 Å². The second-order valence-electron chi connectivity index (χ2n) is 5.49.